The first kappa shape index (κ1) is 16.7. The van der Waals surface area contributed by atoms with Gasteiger partial charge in [-0.15, -0.1) is 0 Å². The van der Waals surface area contributed by atoms with Crippen LogP contribution in [0, 0.1) is 15.3 Å². The highest BCUT2D eigenvalue weighted by molar-refractivity contribution is 8.04. The molecular formula is C16H18N4O3S. The van der Waals surface area contributed by atoms with Crippen LogP contribution in [0.25, 0.3) is 0 Å². The van der Waals surface area contributed by atoms with Crippen molar-refractivity contribution in [3.05, 3.63) is 56.3 Å². The van der Waals surface area contributed by atoms with Crippen LogP contribution in [0.15, 0.2) is 50.8 Å². The molecule has 0 saturated carbocycles. The Balaban J connectivity index is 2.15. The zero-order valence-electron chi connectivity index (χ0n) is 13.9. The Morgan fingerprint density at radius 2 is 2.04 bits per heavy atom. The van der Waals surface area contributed by atoms with Crippen LogP contribution >= 0.6 is 11.8 Å². The van der Waals surface area contributed by atoms with Gasteiger partial charge in [-0.3, -0.25) is 10.1 Å². The Morgan fingerprint density at radius 3 is 2.62 bits per heavy atom. The van der Waals surface area contributed by atoms with Gasteiger partial charge in [0.2, 0.25) is 0 Å². The number of quaternary nitrogens is 1. The molecule has 0 spiro atoms. The second-order valence-corrected chi connectivity index (χ2v) is 7.41. The number of anilines is 1. The van der Waals surface area contributed by atoms with Gasteiger partial charge in [-0.2, -0.15) is 0 Å². The van der Waals surface area contributed by atoms with E-state index < -0.39 is 15.6 Å². The number of nitrogens with zero attached hydrogens (tertiary/aromatic N) is 4. The molecule has 1 heterocycles. The van der Waals surface area contributed by atoms with E-state index in [0.717, 1.165) is 16.3 Å². The van der Waals surface area contributed by atoms with Gasteiger partial charge in [-0.1, -0.05) is 11.8 Å². The lowest BCUT2D eigenvalue weighted by atomic mass is 10.0. The van der Waals surface area contributed by atoms with Crippen molar-refractivity contribution in [1.29, 1.82) is 0 Å². The number of rotatable bonds is 3. The van der Waals surface area contributed by atoms with E-state index in [1.165, 1.54) is 25.9 Å². The number of likely N-dealkylation sites (N-methyl/N-ethyl adjacent to an activating group) is 1. The van der Waals surface area contributed by atoms with Crippen LogP contribution in [0.5, 0.6) is 0 Å². The molecule has 0 N–H and O–H groups in total. The number of thioether (sulfide) groups is 1. The van der Waals surface area contributed by atoms with Crippen molar-refractivity contribution in [2.75, 3.05) is 33.1 Å². The van der Waals surface area contributed by atoms with Gasteiger partial charge in [0, 0.05) is 24.7 Å². The molecule has 0 bridgehead atoms. The van der Waals surface area contributed by atoms with E-state index >= 15 is 0 Å². The maximum absolute atomic E-state index is 12.3. The molecular weight excluding hydrogens is 328 g/mol. The number of fused-ring (bicyclic) bond motifs is 2. The van der Waals surface area contributed by atoms with E-state index in [2.05, 4.69) is 4.99 Å². The fourth-order valence-corrected chi connectivity index (χ4v) is 3.83. The van der Waals surface area contributed by atoms with Crippen molar-refractivity contribution >= 4 is 28.8 Å². The molecule has 1 atom stereocenters. The minimum atomic E-state index is -0.847. The molecule has 0 amide bonds. The molecule has 1 aromatic rings. The summed E-state index contributed by atoms with van der Waals surface area (Å²) in [7, 11) is 6.68. The van der Waals surface area contributed by atoms with Crippen molar-refractivity contribution in [1.82, 2.24) is 0 Å². The number of aliphatic imine (C=N–C) groups is 1. The third-order valence-corrected chi connectivity index (χ3v) is 5.13. The maximum Gasteiger partial charge on any atom is 0.323 e. The first-order chi connectivity index (χ1) is 11.2. The van der Waals surface area contributed by atoms with E-state index in [1.54, 1.807) is 12.2 Å². The molecule has 1 aliphatic heterocycles. The average Bonchev–Trinajstić information content (AvgIpc) is 2.49. The summed E-state index contributed by atoms with van der Waals surface area (Å²) in [5, 5.41) is 24.0. The van der Waals surface area contributed by atoms with Crippen LogP contribution in [-0.4, -0.2) is 49.5 Å². The fraction of sp³-hybridized carbons (Fsp3) is 0.312. The van der Waals surface area contributed by atoms with Crippen molar-refractivity contribution in [2.45, 2.75) is 10.9 Å². The topological polar surface area (TPSA) is 81.8 Å². The smallest absolute Gasteiger partial charge is 0.323 e. The molecule has 0 radical (unpaired) electrons. The summed E-state index contributed by atoms with van der Waals surface area (Å²) in [4.78, 5) is 19.0. The van der Waals surface area contributed by atoms with Crippen molar-refractivity contribution < 1.29 is 9.57 Å². The lowest BCUT2D eigenvalue weighted by Crippen LogP contribution is -2.46. The zero-order valence-corrected chi connectivity index (χ0v) is 14.7. The highest BCUT2D eigenvalue weighted by atomic mass is 32.2. The van der Waals surface area contributed by atoms with Crippen LogP contribution in [0.1, 0.15) is 0 Å². The van der Waals surface area contributed by atoms with Crippen LogP contribution in [0.4, 0.5) is 11.4 Å². The van der Waals surface area contributed by atoms with Crippen LogP contribution < -0.4 is 4.90 Å². The molecule has 1 aliphatic carbocycles. The van der Waals surface area contributed by atoms with E-state index in [0.29, 0.717) is 10.6 Å². The second-order valence-electron chi connectivity index (χ2n) is 6.36. The van der Waals surface area contributed by atoms with Crippen LogP contribution in [-0.2, 0) is 0 Å². The SMILES string of the molecule is CN(C)c1ccc2c(c1)SC1=C([N+](=O)[O-])C([N+](C)(C)[O-])C=CC1=N2. The lowest BCUT2D eigenvalue weighted by Gasteiger charge is -2.40. The zero-order chi connectivity index (χ0) is 17.6. The monoisotopic (exact) mass is 346 g/mol. The summed E-state index contributed by atoms with van der Waals surface area (Å²) in [5.41, 5.74) is 2.24. The number of nitro groups is 1. The van der Waals surface area contributed by atoms with Crippen LogP contribution in [0.3, 0.4) is 0 Å². The largest absolute Gasteiger partial charge is 0.632 e. The first-order valence-corrected chi connectivity index (χ1v) is 8.20. The lowest BCUT2D eigenvalue weighted by molar-refractivity contribution is -0.860. The molecule has 1 aromatic carbocycles. The quantitative estimate of drug-likeness (QED) is 0.477. The number of hydroxylamine groups is 3. The highest BCUT2D eigenvalue weighted by Crippen LogP contribution is 2.45. The Hall–Kier alpha value is -2.16. The normalized spacial score (nSPS) is 19.5. The molecule has 8 heteroatoms. The van der Waals surface area contributed by atoms with Crippen molar-refractivity contribution in [3.8, 4) is 0 Å². The molecule has 126 valence electrons. The number of benzene rings is 1. The van der Waals surface area contributed by atoms with E-state index in [1.807, 2.05) is 37.2 Å². The molecule has 0 saturated heterocycles. The van der Waals surface area contributed by atoms with Crippen molar-refractivity contribution in [3.63, 3.8) is 0 Å². The first-order valence-electron chi connectivity index (χ1n) is 7.38. The predicted octanol–water partition coefficient (Wildman–Crippen LogP) is 2.93. The average molecular weight is 346 g/mol. The van der Waals surface area contributed by atoms with Gasteiger partial charge in [-0.05, 0) is 30.4 Å². The second kappa shape index (κ2) is 5.73. The van der Waals surface area contributed by atoms with Crippen LogP contribution in [0.2, 0.25) is 0 Å². The molecule has 7 nitrogen and oxygen atoms in total. The molecule has 0 fully saturated rings. The summed E-state index contributed by atoms with van der Waals surface area (Å²) in [6.07, 6.45) is 3.29. The summed E-state index contributed by atoms with van der Waals surface area (Å²) < 4.78 is -0.783. The summed E-state index contributed by atoms with van der Waals surface area (Å²) in [6.45, 7) is 0. The Kier molecular flexibility index (Phi) is 3.98. The summed E-state index contributed by atoms with van der Waals surface area (Å²) in [6, 6.07) is 4.97. The number of allylic oxidation sites excluding steroid dienone is 2. The minimum absolute atomic E-state index is 0.0813. The van der Waals surface area contributed by atoms with E-state index in [-0.39, 0.29) is 5.70 Å². The van der Waals surface area contributed by atoms with Gasteiger partial charge >= 0.3 is 5.70 Å². The van der Waals surface area contributed by atoms with Gasteiger partial charge in [0.15, 0.2) is 6.04 Å². The van der Waals surface area contributed by atoms with E-state index in [4.69, 9.17) is 0 Å². The third kappa shape index (κ3) is 2.83. The maximum atomic E-state index is 12.3. The standard InChI is InChI=1S/C16H18N4O3S/c1-18(2)10-5-6-11-14(9-10)24-16-12(17-11)7-8-13(20(3,4)23)15(16)19(21)22/h5-9,13H,1-4H3. The third-order valence-electron chi connectivity index (χ3n) is 3.96. The van der Waals surface area contributed by atoms with Gasteiger partial charge in [0.05, 0.1) is 30.4 Å². The molecule has 1 unspecified atom stereocenters. The summed E-state index contributed by atoms with van der Waals surface area (Å²) >= 11 is 1.31. The van der Waals surface area contributed by atoms with Gasteiger partial charge in [0.1, 0.15) is 4.91 Å². The fourth-order valence-electron chi connectivity index (χ4n) is 2.69. The molecule has 2 aliphatic rings. The minimum Gasteiger partial charge on any atom is -0.632 e. The Morgan fingerprint density at radius 1 is 1.33 bits per heavy atom. The Labute approximate surface area is 144 Å². The van der Waals surface area contributed by atoms with Crippen molar-refractivity contribution in [2.24, 2.45) is 4.99 Å². The van der Waals surface area contributed by atoms with Gasteiger partial charge < -0.3 is 14.8 Å². The highest BCUT2D eigenvalue weighted by Gasteiger charge is 2.41. The Bertz CT molecular complexity index is 806. The summed E-state index contributed by atoms with van der Waals surface area (Å²) in [5.74, 6) is 0. The molecule has 3 rings (SSSR count). The van der Waals surface area contributed by atoms with E-state index in [9.17, 15) is 15.3 Å². The van der Waals surface area contributed by atoms with Gasteiger partial charge in [-0.25, -0.2) is 4.99 Å². The number of hydrogen-bond donors (Lipinski definition) is 0. The molecule has 0 aromatic heterocycles. The van der Waals surface area contributed by atoms with Gasteiger partial charge in [0.25, 0.3) is 0 Å². The molecule has 24 heavy (non-hydrogen) atoms. The number of hydrogen-bond acceptors (Lipinski definition) is 6. The predicted molar refractivity (Wildman–Crippen MR) is 96.1 cm³/mol.